The van der Waals surface area contributed by atoms with Crippen LogP contribution in [0.5, 0.6) is 5.75 Å². The second-order valence-electron chi connectivity index (χ2n) is 5.69. The number of amides is 2. The zero-order valence-corrected chi connectivity index (χ0v) is 14.2. The Hall–Kier alpha value is -2.60. The molecule has 2 aromatic rings. The number of nitrogens with one attached hydrogen (secondary N) is 1. The molecule has 1 saturated heterocycles. The van der Waals surface area contributed by atoms with Gasteiger partial charge in [-0.05, 0) is 30.3 Å². The normalized spacial score (nSPS) is 16.8. The van der Waals surface area contributed by atoms with Gasteiger partial charge in [0, 0.05) is 13.0 Å². The summed E-state index contributed by atoms with van der Waals surface area (Å²) in [5.74, 6) is -0.937. The van der Waals surface area contributed by atoms with Crippen molar-refractivity contribution < 1.29 is 18.7 Å². The first-order chi connectivity index (χ1) is 12.0. The van der Waals surface area contributed by atoms with Crippen LogP contribution in [0, 0.1) is 11.7 Å². The fourth-order valence-corrected chi connectivity index (χ4v) is 3.01. The molecule has 0 aromatic heterocycles. The first-order valence-electron chi connectivity index (χ1n) is 7.69. The second-order valence-corrected chi connectivity index (χ2v) is 6.10. The van der Waals surface area contributed by atoms with E-state index in [1.165, 1.54) is 24.1 Å². The van der Waals surface area contributed by atoms with Crippen LogP contribution < -0.4 is 15.0 Å². The van der Waals surface area contributed by atoms with Gasteiger partial charge in [0.05, 0.1) is 29.4 Å². The van der Waals surface area contributed by atoms with E-state index >= 15 is 0 Å². The van der Waals surface area contributed by atoms with Gasteiger partial charge < -0.3 is 15.0 Å². The van der Waals surface area contributed by atoms with E-state index in [-0.39, 0.29) is 29.8 Å². The molecule has 1 aliphatic heterocycles. The van der Waals surface area contributed by atoms with Crippen molar-refractivity contribution in [2.45, 2.75) is 6.42 Å². The highest BCUT2D eigenvalue weighted by Crippen LogP contribution is 2.33. The Balaban J connectivity index is 1.74. The van der Waals surface area contributed by atoms with E-state index in [9.17, 15) is 14.0 Å². The summed E-state index contributed by atoms with van der Waals surface area (Å²) in [5, 5.41) is 2.76. The van der Waals surface area contributed by atoms with E-state index in [0.717, 1.165) is 6.07 Å². The molecule has 1 heterocycles. The summed E-state index contributed by atoms with van der Waals surface area (Å²) in [7, 11) is 1.53. The van der Waals surface area contributed by atoms with Gasteiger partial charge in [-0.1, -0.05) is 23.7 Å². The third kappa shape index (κ3) is 3.58. The molecule has 0 bridgehead atoms. The topological polar surface area (TPSA) is 58.6 Å². The molecule has 3 rings (SSSR count). The lowest BCUT2D eigenvalue weighted by Gasteiger charge is -2.19. The van der Waals surface area contributed by atoms with Crippen LogP contribution in [0.3, 0.4) is 0 Å². The molecule has 5 nitrogen and oxygen atoms in total. The lowest BCUT2D eigenvalue weighted by Crippen LogP contribution is -2.28. The monoisotopic (exact) mass is 362 g/mol. The van der Waals surface area contributed by atoms with Gasteiger partial charge in [0.1, 0.15) is 11.6 Å². The van der Waals surface area contributed by atoms with Crippen LogP contribution in [-0.2, 0) is 9.59 Å². The molecule has 25 heavy (non-hydrogen) atoms. The summed E-state index contributed by atoms with van der Waals surface area (Å²) in [6.07, 6.45) is 0.0860. The Morgan fingerprint density at radius 3 is 2.80 bits per heavy atom. The number of para-hydroxylation sites is 2. The van der Waals surface area contributed by atoms with Crippen molar-refractivity contribution in [1.82, 2.24) is 0 Å². The van der Waals surface area contributed by atoms with E-state index < -0.39 is 11.7 Å². The average molecular weight is 363 g/mol. The van der Waals surface area contributed by atoms with E-state index in [0.29, 0.717) is 17.1 Å². The molecule has 1 fully saturated rings. The lowest BCUT2D eigenvalue weighted by molar-refractivity contribution is -0.122. The summed E-state index contributed by atoms with van der Waals surface area (Å²) in [5.41, 5.74) is 0.946. The Morgan fingerprint density at radius 2 is 2.08 bits per heavy atom. The van der Waals surface area contributed by atoms with Crippen molar-refractivity contribution in [2.75, 3.05) is 23.9 Å². The van der Waals surface area contributed by atoms with Gasteiger partial charge in [0.25, 0.3) is 0 Å². The van der Waals surface area contributed by atoms with Gasteiger partial charge in [-0.3, -0.25) is 9.59 Å². The van der Waals surface area contributed by atoms with Gasteiger partial charge >= 0.3 is 0 Å². The molecular weight excluding hydrogens is 347 g/mol. The van der Waals surface area contributed by atoms with Gasteiger partial charge in [0.2, 0.25) is 11.8 Å². The van der Waals surface area contributed by atoms with E-state index in [2.05, 4.69) is 5.32 Å². The van der Waals surface area contributed by atoms with Gasteiger partial charge in [0.15, 0.2) is 0 Å². The van der Waals surface area contributed by atoms with Crippen molar-refractivity contribution in [3.05, 3.63) is 53.3 Å². The number of benzene rings is 2. The molecule has 0 saturated carbocycles. The summed E-state index contributed by atoms with van der Waals surface area (Å²) < 4.78 is 18.4. The van der Waals surface area contributed by atoms with Crippen LogP contribution in [0.1, 0.15) is 6.42 Å². The number of carbonyl (C=O) groups is 2. The fraction of sp³-hybridized carbons (Fsp3) is 0.222. The third-order valence-corrected chi connectivity index (χ3v) is 4.37. The van der Waals surface area contributed by atoms with E-state index in [4.69, 9.17) is 16.3 Å². The number of hydrogen-bond donors (Lipinski definition) is 1. The summed E-state index contributed by atoms with van der Waals surface area (Å²) in [4.78, 5) is 26.3. The minimum Gasteiger partial charge on any atom is -0.495 e. The SMILES string of the molecule is COc1ccccc1N1CC(C(=O)Nc2ccc(F)cc2Cl)CC1=O. The molecule has 0 radical (unpaired) electrons. The number of halogens is 2. The molecule has 0 aliphatic carbocycles. The molecule has 7 heteroatoms. The van der Waals surface area contributed by atoms with Gasteiger partial charge in [-0.25, -0.2) is 4.39 Å². The summed E-state index contributed by atoms with van der Waals surface area (Å²) in [6, 6.07) is 10.9. The van der Waals surface area contributed by atoms with Crippen molar-refractivity contribution in [3.63, 3.8) is 0 Å². The highest BCUT2D eigenvalue weighted by molar-refractivity contribution is 6.33. The van der Waals surface area contributed by atoms with Gasteiger partial charge in [-0.2, -0.15) is 0 Å². The number of anilines is 2. The van der Waals surface area contributed by atoms with Crippen LogP contribution in [0.15, 0.2) is 42.5 Å². The second kappa shape index (κ2) is 7.11. The predicted octanol–water partition coefficient (Wildman–Crippen LogP) is 3.48. The van der Waals surface area contributed by atoms with Crippen LogP contribution in [-0.4, -0.2) is 25.5 Å². The Bertz CT molecular complexity index is 828. The van der Waals surface area contributed by atoms with Crippen LogP contribution in [0.25, 0.3) is 0 Å². The van der Waals surface area contributed by atoms with E-state index in [1.54, 1.807) is 18.2 Å². The van der Waals surface area contributed by atoms with Crippen molar-refractivity contribution in [3.8, 4) is 5.75 Å². The number of ether oxygens (including phenoxy) is 1. The minimum atomic E-state index is -0.529. The smallest absolute Gasteiger partial charge is 0.229 e. The van der Waals surface area contributed by atoms with E-state index in [1.807, 2.05) is 6.07 Å². The Kier molecular flexibility index (Phi) is 4.90. The number of carbonyl (C=O) groups excluding carboxylic acids is 2. The van der Waals surface area contributed by atoms with Crippen LogP contribution >= 0.6 is 11.6 Å². The average Bonchev–Trinajstić information content (AvgIpc) is 2.99. The molecule has 1 N–H and O–H groups in total. The van der Waals surface area contributed by atoms with Crippen molar-refractivity contribution in [2.24, 2.45) is 5.92 Å². The lowest BCUT2D eigenvalue weighted by atomic mass is 10.1. The zero-order valence-electron chi connectivity index (χ0n) is 13.5. The van der Waals surface area contributed by atoms with Crippen LogP contribution in [0.2, 0.25) is 5.02 Å². The first kappa shape index (κ1) is 17.2. The number of hydrogen-bond acceptors (Lipinski definition) is 3. The summed E-state index contributed by atoms with van der Waals surface area (Å²) in [6.45, 7) is 0.240. The largest absolute Gasteiger partial charge is 0.495 e. The molecule has 2 amide bonds. The summed E-state index contributed by atoms with van der Waals surface area (Å²) >= 11 is 5.92. The van der Waals surface area contributed by atoms with Gasteiger partial charge in [-0.15, -0.1) is 0 Å². The molecule has 2 aromatic carbocycles. The molecule has 1 unspecified atom stereocenters. The quantitative estimate of drug-likeness (QED) is 0.905. The molecular formula is C18H16ClFN2O3. The Morgan fingerprint density at radius 1 is 1.32 bits per heavy atom. The fourth-order valence-electron chi connectivity index (χ4n) is 2.79. The number of methoxy groups -OCH3 is 1. The number of nitrogens with zero attached hydrogens (tertiary/aromatic N) is 1. The van der Waals surface area contributed by atoms with Crippen molar-refractivity contribution in [1.29, 1.82) is 0 Å². The molecule has 1 atom stereocenters. The number of rotatable bonds is 4. The maximum Gasteiger partial charge on any atom is 0.229 e. The highest BCUT2D eigenvalue weighted by atomic mass is 35.5. The third-order valence-electron chi connectivity index (χ3n) is 4.06. The maximum atomic E-state index is 13.1. The zero-order chi connectivity index (χ0) is 18.0. The Labute approximate surface area is 149 Å². The predicted molar refractivity (Wildman–Crippen MR) is 93.5 cm³/mol. The van der Waals surface area contributed by atoms with Crippen molar-refractivity contribution >= 4 is 34.8 Å². The maximum absolute atomic E-state index is 13.1. The molecule has 1 aliphatic rings. The highest BCUT2D eigenvalue weighted by Gasteiger charge is 2.36. The first-order valence-corrected chi connectivity index (χ1v) is 8.06. The molecule has 130 valence electrons. The molecule has 0 spiro atoms. The standard InChI is InChI=1S/C18H16ClFN2O3/c1-25-16-5-3-2-4-15(16)22-10-11(8-17(22)23)18(24)21-14-7-6-12(20)9-13(14)19/h2-7,9,11H,8,10H2,1H3,(H,21,24). The van der Waals surface area contributed by atoms with Crippen LogP contribution in [0.4, 0.5) is 15.8 Å². The minimum absolute atomic E-state index is 0.0860.